The second-order valence-electron chi connectivity index (χ2n) is 5.46. The Morgan fingerprint density at radius 1 is 1.46 bits per heavy atom. The highest BCUT2D eigenvalue weighted by Gasteiger charge is 2.33. The van der Waals surface area contributed by atoms with Crippen molar-refractivity contribution in [3.8, 4) is 0 Å². The monoisotopic (exact) mass is 521 g/mol. The molecular formula is C15H20ClF3IN5S. The molecule has 0 unspecified atom stereocenters. The third kappa shape index (κ3) is 6.31. The van der Waals surface area contributed by atoms with Gasteiger partial charge in [-0.2, -0.15) is 13.2 Å². The Kier molecular flexibility index (Phi) is 8.67. The van der Waals surface area contributed by atoms with Crippen LogP contribution in [0.4, 0.5) is 13.2 Å². The number of thiazole rings is 1. The van der Waals surface area contributed by atoms with Crippen molar-refractivity contribution in [1.82, 2.24) is 19.8 Å². The number of guanidine groups is 1. The van der Waals surface area contributed by atoms with Gasteiger partial charge in [-0.3, -0.25) is 4.99 Å². The molecule has 0 atom stereocenters. The third-order valence-corrected chi connectivity index (χ3v) is 4.63. The topological polar surface area (TPSA) is 45.5 Å². The lowest BCUT2D eigenvalue weighted by molar-refractivity contribution is -0.140. The van der Waals surface area contributed by atoms with Gasteiger partial charge in [-0.15, -0.1) is 35.3 Å². The van der Waals surface area contributed by atoms with Crippen LogP contribution >= 0.6 is 46.9 Å². The summed E-state index contributed by atoms with van der Waals surface area (Å²) in [5.74, 6) is 0.643. The highest BCUT2D eigenvalue weighted by atomic mass is 127. The molecule has 146 valence electrons. The number of aryl methyl sites for hydroxylation is 1. The maximum absolute atomic E-state index is 12.5. The van der Waals surface area contributed by atoms with Gasteiger partial charge in [0.1, 0.15) is 0 Å². The summed E-state index contributed by atoms with van der Waals surface area (Å²) in [7, 11) is 5.44. The Balaban J connectivity index is 0.00000338. The van der Waals surface area contributed by atoms with Crippen molar-refractivity contribution < 1.29 is 13.2 Å². The zero-order valence-corrected chi connectivity index (χ0v) is 18.4. The van der Waals surface area contributed by atoms with Crippen molar-refractivity contribution >= 4 is 52.9 Å². The van der Waals surface area contributed by atoms with E-state index in [0.29, 0.717) is 35.5 Å². The summed E-state index contributed by atoms with van der Waals surface area (Å²) >= 11 is 6.99. The number of hydrogen-bond acceptors (Lipinski definition) is 3. The Bertz CT molecular complexity index is 744. The molecule has 1 N–H and O–H groups in total. The molecule has 0 fully saturated rings. The van der Waals surface area contributed by atoms with Crippen molar-refractivity contribution in [1.29, 1.82) is 0 Å². The molecule has 11 heteroatoms. The number of aromatic nitrogens is 2. The van der Waals surface area contributed by atoms with Gasteiger partial charge >= 0.3 is 6.18 Å². The predicted molar refractivity (Wildman–Crippen MR) is 109 cm³/mol. The Morgan fingerprint density at radius 2 is 2.15 bits per heavy atom. The molecule has 0 aliphatic rings. The van der Waals surface area contributed by atoms with E-state index >= 15 is 0 Å². The quantitative estimate of drug-likeness (QED) is 0.367. The third-order valence-electron chi connectivity index (χ3n) is 3.51. The number of halogens is 5. The lowest BCUT2D eigenvalue weighted by Crippen LogP contribution is -2.39. The minimum absolute atomic E-state index is 0. The Hall–Kier alpha value is -1.01. The van der Waals surface area contributed by atoms with Gasteiger partial charge in [-0.05, 0) is 6.07 Å². The Morgan fingerprint density at radius 3 is 2.65 bits per heavy atom. The van der Waals surface area contributed by atoms with E-state index in [0.717, 1.165) is 22.4 Å². The van der Waals surface area contributed by atoms with Crippen LogP contribution in [0, 0.1) is 0 Å². The summed E-state index contributed by atoms with van der Waals surface area (Å²) < 4.78 is 39.6. The molecule has 0 amide bonds. The molecular weight excluding hydrogens is 502 g/mol. The first-order valence-corrected chi connectivity index (χ1v) is 8.70. The van der Waals surface area contributed by atoms with Crippen LogP contribution in [0.25, 0.3) is 0 Å². The van der Waals surface area contributed by atoms with Crippen LogP contribution in [-0.4, -0.2) is 41.1 Å². The van der Waals surface area contributed by atoms with E-state index < -0.39 is 11.9 Å². The first-order chi connectivity index (χ1) is 11.7. The van der Waals surface area contributed by atoms with E-state index in [1.165, 1.54) is 0 Å². The van der Waals surface area contributed by atoms with Gasteiger partial charge in [0.2, 0.25) is 0 Å². The zero-order valence-electron chi connectivity index (χ0n) is 14.5. The summed E-state index contributed by atoms with van der Waals surface area (Å²) in [6, 6.07) is 1.87. The highest BCUT2D eigenvalue weighted by Crippen LogP contribution is 2.30. The van der Waals surface area contributed by atoms with Crippen molar-refractivity contribution in [3.05, 3.63) is 39.1 Å². The summed E-state index contributed by atoms with van der Waals surface area (Å²) in [4.78, 5) is 9.71. The molecule has 0 bridgehead atoms. The van der Waals surface area contributed by atoms with E-state index in [2.05, 4.69) is 15.3 Å². The summed E-state index contributed by atoms with van der Waals surface area (Å²) in [5.41, 5.74) is 0.180. The zero-order chi connectivity index (χ0) is 18.6. The number of alkyl halides is 3. The first-order valence-electron chi connectivity index (χ1n) is 7.45. The van der Waals surface area contributed by atoms with Gasteiger partial charge in [0.15, 0.2) is 11.7 Å². The molecule has 2 rings (SSSR count). The van der Waals surface area contributed by atoms with E-state index in [9.17, 15) is 13.2 Å². The molecule has 2 aromatic heterocycles. The maximum Gasteiger partial charge on any atom is 0.434 e. The predicted octanol–water partition coefficient (Wildman–Crippen LogP) is 4.02. The largest absolute Gasteiger partial charge is 0.434 e. The normalized spacial score (nSPS) is 12.0. The number of hydrogen-bond donors (Lipinski definition) is 1. The number of rotatable bonds is 5. The molecule has 0 saturated heterocycles. The minimum atomic E-state index is -4.39. The van der Waals surface area contributed by atoms with Crippen LogP contribution in [-0.2, 0) is 26.2 Å². The van der Waals surface area contributed by atoms with Crippen LogP contribution in [0.15, 0.2) is 22.6 Å². The van der Waals surface area contributed by atoms with Crippen LogP contribution in [0.5, 0.6) is 0 Å². The molecule has 0 saturated carbocycles. The van der Waals surface area contributed by atoms with E-state index in [-0.39, 0.29) is 24.0 Å². The molecule has 5 nitrogen and oxygen atoms in total. The van der Waals surface area contributed by atoms with Crippen LogP contribution in [0.1, 0.15) is 16.4 Å². The van der Waals surface area contributed by atoms with Gasteiger partial charge < -0.3 is 14.8 Å². The highest BCUT2D eigenvalue weighted by molar-refractivity contribution is 14.0. The fourth-order valence-corrected chi connectivity index (χ4v) is 3.34. The smallest absolute Gasteiger partial charge is 0.356 e. The van der Waals surface area contributed by atoms with Gasteiger partial charge in [0, 0.05) is 51.4 Å². The number of aliphatic imine (C=N–C) groups is 1. The van der Waals surface area contributed by atoms with Crippen molar-refractivity contribution in [3.63, 3.8) is 0 Å². The van der Waals surface area contributed by atoms with E-state index in [4.69, 9.17) is 11.6 Å². The molecule has 26 heavy (non-hydrogen) atoms. The van der Waals surface area contributed by atoms with Gasteiger partial charge in [-0.1, -0.05) is 11.6 Å². The second kappa shape index (κ2) is 9.79. The van der Waals surface area contributed by atoms with Crippen LogP contribution in [0.2, 0.25) is 5.02 Å². The van der Waals surface area contributed by atoms with Crippen molar-refractivity contribution in [2.45, 2.75) is 19.1 Å². The van der Waals surface area contributed by atoms with Gasteiger partial charge in [0.25, 0.3) is 0 Å². The summed E-state index contributed by atoms with van der Waals surface area (Å²) in [6.07, 6.45) is -2.18. The molecule has 2 aromatic rings. The van der Waals surface area contributed by atoms with Crippen molar-refractivity contribution in [2.24, 2.45) is 12.0 Å². The summed E-state index contributed by atoms with van der Waals surface area (Å²) in [6.45, 7) is 1.04. The van der Waals surface area contributed by atoms with Crippen LogP contribution in [0.3, 0.4) is 0 Å². The maximum atomic E-state index is 12.5. The minimum Gasteiger partial charge on any atom is -0.356 e. The lowest BCUT2D eigenvalue weighted by atomic mass is 10.4. The van der Waals surface area contributed by atoms with E-state index in [1.54, 1.807) is 7.05 Å². The standard InChI is InChI=1S/C15H19ClF3N5S.HI/c1-20-14(24(3)8-11-6-10(16)7-23(11)2)21-5-4-13-22-12(9-25-13)15(17,18)19;/h6-7,9H,4-5,8H2,1-3H3,(H,20,21);1H. The molecule has 0 aliphatic carbocycles. The molecule has 0 spiro atoms. The first kappa shape index (κ1) is 23.0. The molecule has 2 heterocycles. The average molecular weight is 522 g/mol. The van der Waals surface area contributed by atoms with Gasteiger partial charge in [0.05, 0.1) is 16.6 Å². The van der Waals surface area contributed by atoms with E-state index in [1.807, 2.05) is 35.8 Å². The fourth-order valence-electron chi connectivity index (χ4n) is 2.26. The van der Waals surface area contributed by atoms with Gasteiger partial charge in [-0.25, -0.2) is 4.98 Å². The average Bonchev–Trinajstić information content (AvgIpc) is 3.10. The SMILES string of the molecule is CN=C(NCCc1nc(C(F)(F)F)cs1)N(C)Cc1cc(Cl)cn1C.I. The number of nitrogens with one attached hydrogen (secondary N) is 1. The molecule has 0 radical (unpaired) electrons. The second-order valence-corrected chi connectivity index (χ2v) is 6.84. The molecule has 0 aromatic carbocycles. The number of nitrogens with zero attached hydrogens (tertiary/aromatic N) is 4. The summed E-state index contributed by atoms with van der Waals surface area (Å²) in [5, 5.41) is 5.27. The van der Waals surface area contributed by atoms with Crippen LogP contribution < -0.4 is 5.32 Å². The fraction of sp³-hybridized carbons (Fsp3) is 0.467. The molecule has 0 aliphatic heterocycles. The lowest BCUT2D eigenvalue weighted by Gasteiger charge is -2.22. The Labute approximate surface area is 176 Å². The van der Waals surface area contributed by atoms with Crippen molar-refractivity contribution in [2.75, 3.05) is 20.6 Å².